The SMILES string of the molecule is Cc1[nH]c(-c2ccccc2)nc1C(=O)N[C@@H](C)c1ccccc1. The third kappa shape index (κ3) is 3.31. The van der Waals surface area contributed by atoms with Crippen molar-refractivity contribution in [3.8, 4) is 11.4 Å². The number of nitrogens with one attached hydrogen (secondary N) is 2. The summed E-state index contributed by atoms with van der Waals surface area (Å²) >= 11 is 0. The molecule has 3 rings (SSSR count). The molecule has 1 amide bonds. The van der Waals surface area contributed by atoms with Gasteiger partial charge in [0.15, 0.2) is 0 Å². The van der Waals surface area contributed by atoms with Crippen LogP contribution in [0.2, 0.25) is 0 Å². The van der Waals surface area contributed by atoms with E-state index in [0.717, 1.165) is 16.8 Å². The highest BCUT2D eigenvalue weighted by molar-refractivity contribution is 5.94. The molecular formula is C19H19N3O. The lowest BCUT2D eigenvalue weighted by molar-refractivity contribution is 0.0934. The lowest BCUT2D eigenvalue weighted by atomic mass is 10.1. The maximum absolute atomic E-state index is 12.5. The Hall–Kier alpha value is -2.88. The Balaban J connectivity index is 1.79. The van der Waals surface area contributed by atoms with E-state index in [0.29, 0.717) is 11.5 Å². The van der Waals surface area contributed by atoms with Gasteiger partial charge in [0.1, 0.15) is 11.5 Å². The highest BCUT2D eigenvalue weighted by Crippen LogP contribution is 2.18. The minimum atomic E-state index is -0.169. The zero-order chi connectivity index (χ0) is 16.2. The quantitative estimate of drug-likeness (QED) is 0.768. The van der Waals surface area contributed by atoms with Gasteiger partial charge < -0.3 is 10.3 Å². The van der Waals surface area contributed by atoms with Crippen molar-refractivity contribution in [1.29, 1.82) is 0 Å². The average molecular weight is 305 g/mol. The van der Waals surface area contributed by atoms with Crippen LogP contribution in [-0.4, -0.2) is 15.9 Å². The van der Waals surface area contributed by atoms with E-state index in [1.165, 1.54) is 0 Å². The molecule has 1 atom stereocenters. The van der Waals surface area contributed by atoms with Crippen LogP contribution < -0.4 is 5.32 Å². The molecule has 23 heavy (non-hydrogen) atoms. The van der Waals surface area contributed by atoms with Gasteiger partial charge in [-0.2, -0.15) is 0 Å². The lowest BCUT2D eigenvalue weighted by Gasteiger charge is -2.13. The van der Waals surface area contributed by atoms with Crippen LogP contribution in [0, 0.1) is 6.92 Å². The first-order valence-corrected chi connectivity index (χ1v) is 7.63. The van der Waals surface area contributed by atoms with Crippen LogP contribution in [0.1, 0.15) is 34.7 Å². The summed E-state index contributed by atoms with van der Waals surface area (Å²) in [4.78, 5) is 20.1. The normalized spacial score (nSPS) is 11.9. The molecule has 3 aromatic rings. The predicted octanol–water partition coefficient (Wildman–Crippen LogP) is 3.88. The van der Waals surface area contributed by atoms with Crippen LogP contribution in [0.25, 0.3) is 11.4 Å². The first-order chi connectivity index (χ1) is 11.1. The number of nitrogens with zero attached hydrogens (tertiary/aromatic N) is 1. The van der Waals surface area contributed by atoms with E-state index in [2.05, 4.69) is 15.3 Å². The zero-order valence-corrected chi connectivity index (χ0v) is 13.2. The number of amides is 1. The molecule has 1 heterocycles. The Morgan fingerprint density at radius 2 is 1.65 bits per heavy atom. The number of rotatable bonds is 4. The Morgan fingerprint density at radius 3 is 2.30 bits per heavy atom. The number of aromatic amines is 1. The van der Waals surface area contributed by atoms with Gasteiger partial charge in [0.05, 0.1) is 6.04 Å². The smallest absolute Gasteiger partial charge is 0.272 e. The van der Waals surface area contributed by atoms with Crippen molar-refractivity contribution < 1.29 is 4.79 Å². The molecule has 1 aromatic heterocycles. The molecule has 4 nitrogen and oxygen atoms in total. The van der Waals surface area contributed by atoms with Crippen LogP contribution in [0.4, 0.5) is 0 Å². The summed E-state index contributed by atoms with van der Waals surface area (Å²) in [5, 5.41) is 3.00. The fraction of sp³-hybridized carbons (Fsp3) is 0.158. The largest absolute Gasteiger partial charge is 0.344 e. The van der Waals surface area contributed by atoms with Gasteiger partial charge in [-0.15, -0.1) is 0 Å². The van der Waals surface area contributed by atoms with E-state index in [9.17, 15) is 4.79 Å². The van der Waals surface area contributed by atoms with Crippen molar-refractivity contribution in [1.82, 2.24) is 15.3 Å². The monoisotopic (exact) mass is 305 g/mol. The summed E-state index contributed by atoms with van der Waals surface area (Å²) in [5.74, 6) is 0.540. The number of hydrogen-bond acceptors (Lipinski definition) is 2. The van der Waals surface area contributed by atoms with E-state index in [1.807, 2.05) is 74.5 Å². The van der Waals surface area contributed by atoms with Gasteiger partial charge >= 0.3 is 0 Å². The molecule has 4 heteroatoms. The second-order valence-corrected chi connectivity index (χ2v) is 5.53. The van der Waals surface area contributed by atoms with Crippen LogP contribution in [0.5, 0.6) is 0 Å². The highest BCUT2D eigenvalue weighted by Gasteiger charge is 2.18. The Kier molecular flexibility index (Phi) is 4.24. The molecule has 2 N–H and O–H groups in total. The molecule has 0 aliphatic rings. The van der Waals surface area contributed by atoms with Crippen molar-refractivity contribution >= 4 is 5.91 Å². The molecule has 0 aliphatic heterocycles. The number of benzene rings is 2. The van der Waals surface area contributed by atoms with Crippen LogP contribution in [0.3, 0.4) is 0 Å². The molecule has 116 valence electrons. The Morgan fingerprint density at radius 1 is 1.04 bits per heavy atom. The van der Waals surface area contributed by atoms with Gasteiger partial charge in [0.2, 0.25) is 0 Å². The van der Waals surface area contributed by atoms with Crippen molar-refractivity contribution in [2.45, 2.75) is 19.9 Å². The van der Waals surface area contributed by atoms with Crippen molar-refractivity contribution in [3.05, 3.63) is 77.6 Å². The molecule has 0 spiro atoms. The molecule has 0 aliphatic carbocycles. The number of carbonyl (C=O) groups is 1. The standard InChI is InChI=1S/C19H19N3O/c1-13(15-9-5-3-6-10-15)21-19(23)17-14(2)20-18(22-17)16-11-7-4-8-12-16/h3-13H,1-2H3,(H,20,22)(H,21,23)/t13-/m0/s1. The summed E-state index contributed by atoms with van der Waals surface area (Å²) in [7, 11) is 0. The van der Waals surface area contributed by atoms with Gasteiger partial charge in [-0.3, -0.25) is 4.79 Å². The fourth-order valence-corrected chi connectivity index (χ4v) is 2.50. The molecule has 0 radical (unpaired) electrons. The first-order valence-electron chi connectivity index (χ1n) is 7.63. The maximum Gasteiger partial charge on any atom is 0.272 e. The topological polar surface area (TPSA) is 57.8 Å². The number of aryl methyl sites for hydroxylation is 1. The summed E-state index contributed by atoms with van der Waals surface area (Å²) < 4.78 is 0. The number of imidazole rings is 1. The van der Waals surface area contributed by atoms with Gasteiger partial charge in [0, 0.05) is 11.3 Å². The molecule has 0 bridgehead atoms. The molecule has 0 saturated carbocycles. The highest BCUT2D eigenvalue weighted by atomic mass is 16.2. The summed E-state index contributed by atoms with van der Waals surface area (Å²) in [6, 6.07) is 19.6. The number of aromatic nitrogens is 2. The van der Waals surface area contributed by atoms with Crippen LogP contribution in [0.15, 0.2) is 60.7 Å². The fourth-order valence-electron chi connectivity index (χ4n) is 2.50. The third-order valence-electron chi connectivity index (χ3n) is 3.79. The average Bonchev–Trinajstić information content (AvgIpc) is 2.98. The van der Waals surface area contributed by atoms with Crippen LogP contribution in [-0.2, 0) is 0 Å². The van der Waals surface area contributed by atoms with E-state index in [-0.39, 0.29) is 11.9 Å². The van der Waals surface area contributed by atoms with Gasteiger partial charge in [-0.1, -0.05) is 60.7 Å². The lowest BCUT2D eigenvalue weighted by Crippen LogP contribution is -2.27. The third-order valence-corrected chi connectivity index (χ3v) is 3.79. The summed E-state index contributed by atoms with van der Waals surface area (Å²) in [6.45, 7) is 3.83. The molecule has 0 unspecified atom stereocenters. The Labute approximate surface area is 135 Å². The number of carbonyl (C=O) groups excluding carboxylic acids is 1. The summed E-state index contributed by atoms with van der Waals surface area (Å²) in [5.41, 5.74) is 3.23. The van der Waals surface area contributed by atoms with E-state index in [1.54, 1.807) is 0 Å². The van der Waals surface area contributed by atoms with Gasteiger partial charge in [-0.25, -0.2) is 4.98 Å². The van der Waals surface area contributed by atoms with Gasteiger partial charge in [0.25, 0.3) is 5.91 Å². The van der Waals surface area contributed by atoms with Crippen LogP contribution >= 0.6 is 0 Å². The maximum atomic E-state index is 12.5. The summed E-state index contributed by atoms with van der Waals surface area (Å²) in [6.07, 6.45) is 0. The van der Waals surface area contributed by atoms with Crippen molar-refractivity contribution in [3.63, 3.8) is 0 Å². The van der Waals surface area contributed by atoms with E-state index < -0.39 is 0 Å². The van der Waals surface area contributed by atoms with E-state index in [4.69, 9.17) is 0 Å². The second-order valence-electron chi connectivity index (χ2n) is 5.53. The number of H-pyrrole nitrogens is 1. The van der Waals surface area contributed by atoms with Crippen molar-refractivity contribution in [2.75, 3.05) is 0 Å². The second kappa shape index (κ2) is 6.48. The zero-order valence-electron chi connectivity index (χ0n) is 13.2. The minimum Gasteiger partial charge on any atom is -0.344 e. The molecule has 0 saturated heterocycles. The van der Waals surface area contributed by atoms with Crippen molar-refractivity contribution in [2.24, 2.45) is 0 Å². The minimum absolute atomic E-state index is 0.0695. The predicted molar refractivity (Wildman–Crippen MR) is 91.1 cm³/mol. The van der Waals surface area contributed by atoms with Gasteiger partial charge in [-0.05, 0) is 19.4 Å². The first kappa shape index (κ1) is 15.0. The number of hydrogen-bond donors (Lipinski definition) is 2. The Bertz CT molecular complexity index is 794. The van der Waals surface area contributed by atoms with E-state index >= 15 is 0 Å². The molecular weight excluding hydrogens is 286 g/mol. The molecule has 2 aromatic carbocycles. The molecule has 0 fully saturated rings.